The summed E-state index contributed by atoms with van der Waals surface area (Å²) in [5.74, 6) is -4.21. The topological polar surface area (TPSA) is 187 Å². The molecule has 7 atom stereocenters. The van der Waals surface area contributed by atoms with Gasteiger partial charge in [-0.15, -0.1) is 0 Å². The lowest BCUT2D eigenvalue weighted by molar-refractivity contribution is -0.230. The van der Waals surface area contributed by atoms with Crippen molar-refractivity contribution >= 4 is 29.8 Å². The summed E-state index contributed by atoms with van der Waals surface area (Å²) in [6, 6.07) is -2.75. The van der Waals surface area contributed by atoms with E-state index in [9.17, 15) is 34.2 Å². The first-order valence-corrected chi connectivity index (χ1v) is 9.40. The number of amides is 1. The highest BCUT2D eigenvalue weighted by Crippen LogP contribution is 2.27. The molecule has 1 heterocycles. The molecular weight excluding hydrogens is 420 g/mol. The first-order valence-electron chi connectivity index (χ1n) is 9.40. The van der Waals surface area contributed by atoms with Crippen molar-refractivity contribution in [1.82, 2.24) is 10.6 Å². The van der Waals surface area contributed by atoms with E-state index in [2.05, 4.69) is 10.6 Å². The van der Waals surface area contributed by atoms with Gasteiger partial charge in [-0.25, -0.2) is 0 Å². The van der Waals surface area contributed by atoms with Crippen LogP contribution in [0.3, 0.4) is 0 Å². The zero-order chi connectivity index (χ0) is 23.9. The van der Waals surface area contributed by atoms with E-state index >= 15 is 0 Å². The highest BCUT2D eigenvalue weighted by atomic mass is 16.6. The fourth-order valence-corrected chi connectivity index (χ4v) is 3.07. The van der Waals surface area contributed by atoms with Crippen LogP contribution in [0.2, 0.25) is 0 Å². The maximum atomic E-state index is 11.8. The third-order valence-electron chi connectivity index (χ3n) is 4.21. The van der Waals surface area contributed by atoms with E-state index in [1.165, 1.54) is 6.92 Å². The molecule has 31 heavy (non-hydrogen) atoms. The molecule has 1 saturated heterocycles. The lowest BCUT2D eigenvalue weighted by atomic mass is 9.94. The largest absolute Gasteiger partial charge is 0.480 e. The standard InChI is InChI=1S/C18H28N2O11/c1-7(21)13(18(26)27)20-17-14(19-8(2)22)16(30-11(5)25)15(29-10(4)24)12(31-17)6-28-9(3)23/h7,12-17,20-21H,6H2,1-5H3,(H,19,22)(H,26,27)/t7-,12-,13+,14-,15+,16-,17+/m1/s1. The molecule has 1 aliphatic heterocycles. The SMILES string of the molecule is CC(=O)N[C@@H]1[C@@H](OC(C)=O)[C@@H](OC(C)=O)[C@@H](COC(C)=O)O[C@@H]1N[C@H](C(=O)O)[C@@H](C)O. The van der Waals surface area contributed by atoms with Crippen molar-refractivity contribution < 1.29 is 53.1 Å². The molecule has 1 rings (SSSR count). The predicted octanol–water partition coefficient (Wildman–Crippen LogP) is -1.93. The average molecular weight is 448 g/mol. The normalized spacial score (nSPS) is 27.4. The van der Waals surface area contributed by atoms with E-state index < -0.39 is 79.1 Å². The third kappa shape index (κ3) is 8.11. The van der Waals surface area contributed by atoms with Gasteiger partial charge in [-0.2, -0.15) is 0 Å². The molecule has 13 nitrogen and oxygen atoms in total. The van der Waals surface area contributed by atoms with E-state index in [0.29, 0.717) is 0 Å². The van der Waals surface area contributed by atoms with Gasteiger partial charge in [0, 0.05) is 27.7 Å². The van der Waals surface area contributed by atoms with Crippen LogP contribution >= 0.6 is 0 Å². The van der Waals surface area contributed by atoms with Gasteiger partial charge >= 0.3 is 23.9 Å². The Morgan fingerprint density at radius 3 is 1.94 bits per heavy atom. The molecule has 0 aromatic carbocycles. The van der Waals surface area contributed by atoms with Crippen LogP contribution in [-0.4, -0.2) is 89.3 Å². The second-order valence-corrected chi connectivity index (χ2v) is 7.00. The van der Waals surface area contributed by atoms with Crippen LogP contribution in [0.15, 0.2) is 0 Å². The van der Waals surface area contributed by atoms with Gasteiger partial charge < -0.3 is 34.5 Å². The van der Waals surface area contributed by atoms with Crippen LogP contribution < -0.4 is 10.6 Å². The highest BCUT2D eigenvalue weighted by Gasteiger charge is 2.51. The van der Waals surface area contributed by atoms with Gasteiger partial charge in [0.15, 0.2) is 12.2 Å². The number of hydrogen-bond donors (Lipinski definition) is 4. The lowest BCUT2D eigenvalue weighted by Gasteiger charge is -2.46. The summed E-state index contributed by atoms with van der Waals surface area (Å²) in [6.45, 7) is 5.28. The van der Waals surface area contributed by atoms with Crippen LogP contribution in [0, 0.1) is 0 Å². The fourth-order valence-electron chi connectivity index (χ4n) is 3.07. The minimum Gasteiger partial charge on any atom is -0.480 e. The smallest absolute Gasteiger partial charge is 0.323 e. The number of carbonyl (C=O) groups excluding carboxylic acids is 4. The number of nitrogens with one attached hydrogen (secondary N) is 2. The molecule has 176 valence electrons. The summed E-state index contributed by atoms with van der Waals surface area (Å²) in [5.41, 5.74) is 0. The van der Waals surface area contributed by atoms with Gasteiger partial charge in [-0.05, 0) is 6.92 Å². The molecule has 1 aliphatic rings. The average Bonchev–Trinajstić information content (AvgIpc) is 2.60. The van der Waals surface area contributed by atoms with Gasteiger partial charge in [0.1, 0.15) is 31.0 Å². The summed E-state index contributed by atoms with van der Waals surface area (Å²) < 4.78 is 21.2. The number of aliphatic carboxylic acids is 1. The Balaban J connectivity index is 3.41. The molecule has 0 aliphatic carbocycles. The molecule has 0 radical (unpaired) electrons. The van der Waals surface area contributed by atoms with Gasteiger partial charge in [0.05, 0.1) is 6.10 Å². The van der Waals surface area contributed by atoms with Crippen molar-refractivity contribution in [1.29, 1.82) is 0 Å². The van der Waals surface area contributed by atoms with Gasteiger partial charge in [-0.1, -0.05) is 0 Å². The van der Waals surface area contributed by atoms with Crippen molar-refractivity contribution in [3.05, 3.63) is 0 Å². The number of ether oxygens (including phenoxy) is 4. The minimum atomic E-state index is -1.53. The Morgan fingerprint density at radius 2 is 1.52 bits per heavy atom. The molecule has 4 N–H and O–H groups in total. The Kier molecular flexibility index (Phi) is 9.81. The Hall–Kier alpha value is -2.77. The van der Waals surface area contributed by atoms with Crippen molar-refractivity contribution in [2.24, 2.45) is 0 Å². The first kappa shape index (κ1) is 26.3. The number of rotatable bonds is 9. The number of aliphatic hydroxyl groups is 1. The van der Waals surface area contributed by atoms with E-state index in [1.54, 1.807) is 0 Å². The van der Waals surface area contributed by atoms with Gasteiger partial charge in [0.2, 0.25) is 5.91 Å². The monoisotopic (exact) mass is 448 g/mol. The van der Waals surface area contributed by atoms with Crippen LogP contribution in [0.25, 0.3) is 0 Å². The molecular formula is C18H28N2O11. The number of carbonyl (C=O) groups is 5. The first-order chi connectivity index (χ1) is 14.3. The molecule has 0 bridgehead atoms. The molecule has 0 spiro atoms. The fraction of sp³-hybridized carbons (Fsp3) is 0.722. The predicted molar refractivity (Wildman–Crippen MR) is 100 cm³/mol. The second kappa shape index (κ2) is 11.6. The van der Waals surface area contributed by atoms with Crippen molar-refractivity contribution in [3.8, 4) is 0 Å². The van der Waals surface area contributed by atoms with Crippen molar-refractivity contribution in [2.75, 3.05) is 6.61 Å². The number of hydrogen-bond acceptors (Lipinski definition) is 11. The van der Waals surface area contributed by atoms with Crippen LogP contribution in [0.4, 0.5) is 0 Å². The second-order valence-electron chi connectivity index (χ2n) is 7.00. The number of carboxylic acids is 1. The van der Waals surface area contributed by atoms with Gasteiger partial charge in [-0.3, -0.25) is 29.3 Å². The Bertz CT molecular complexity index is 696. The number of carboxylic acid groups (broad SMARTS) is 1. The van der Waals surface area contributed by atoms with E-state index in [0.717, 1.165) is 27.7 Å². The van der Waals surface area contributed by atoms with E-state index in [-0.39, 0.29) is 0 Å². The number of aliphatic hydroxyl groups excluding tert-OH is 1. The van der Waals surface area contributed by atoms with Gasteiger partial charge in [0.25, 0.3) is 0 Å². The van der Waals surface area contributed by atoms with Crippen LogP contribution in [0.5, 0.6) is 0 Å². The molecule has 0 unspecified atom stereocenters. The van der Waals surface area contributed by atoms with E-state index in [1.807, 2.05) is 0 Å². The summed E-state index contributed by atoms with van der Waals surface area (Å²) in [4.78, 5) is 58.0. The Labute approximate surface area is 178 Å². The third-order valence-corrected chi connectivity index (χ3v) is 4.21. The zero-order valence-electron chi connectivity index (χ0n) is 17.8. The zero-order valence-corrected chi connectivity index (χ0v) is 17.8. The summed E-state index contributed by atoms with van der Waals surface area (Å²) >= 11 is 0. The molecule has 0 aromatic heterocycles. The number of esters is 3. The van der Waals surface area contributed by atoms with Crippen LogP contribution in [-0.2, 0) is 42.9 Å². The maximum Gasteiger partial charge on any atom is 0.323 e. The summed E-state index contributed by atoms with van der Waals surface area (Å²) in [5, 5.41) is 24.2. The summed E-state index contributed by atoms with van der Waals surface area (Å²) in [6.07, 6.45) is -6.53. The molecule has 0 aromatic rings. The quantitative estimate of drug-likeness (QED) is 0.226. The Morgan fingerprint density at radius 1 is 0.968 bits per heavy atom. The van der Waals surface area contributed by atoms with Crippen LogP contribution in [0.1, 0.15) is 34.6 Å². The molecule has 13 heteroatoms. The van der Waals surface area contributed by atoms with Crippen molar-refractivity contribution in [3.63, 3.8) is 0 Å². The molecule has 1 amide bonds. The summed E-state index contributed by atoms with van der Waals surface area (Å²) in [7, 11) is 0. The lowest BCUT2D eigenvalue weighted by Crippen LogP contribution is -2.71. The van der Waals surface area contributed by atoms with E-state index in [4.69, 9.17) is 18.9 Å². The van der Waals surface area contributed by atoms with Crippen molar-refractivity contribution in [2.45, 2.75) is 77.3 Å². The highest BCUT2D eigenvalue weighted by molar-refractivity contribution is 5.75. The maximum absolute atomic E-state index is 11.8. The molecule has 1 fully saturated rings. The minimum absolute atomic E-state index is 0.428. The molecule has 0 saturated carbocycles.